The van der Waals surface area contributed by atoms with E-state index in [1.54, 1.807) is 42.5 Å². The zero-order valence-electron chi connectivity index (χ0n) is 16.6. The third-order valence-electron chi connectivity index (χ3n) is 4.92. The van der Waals surface area contributed by atoms with E-state index in [0.717, 1.165) is 11.1 Å². The molecule has 0 unspecified atom stereocenters. The van der Waals surface area contributed by atoms with Gasteiger partial charge in [0.05, 0.1) is 11.3 Å². The van der Waals surface area contributed by atoms with E-state index in [1.165, 1.54) is 0 Å². The molecule has 0 spiro atoms. The van der Waals surface area contributed by atoms with Crippen molar-refractivity contribution < 1.29 is 19.1 Å². The second-order valence-corrected chi connectivity index (χ2v) is 7.19. The van der Waals surface area contributed by atoms with Crippen molar-refractivity contribution in [1.82, 2.24) is 0 Å². The summed E-state index contributed by atoms with van der Waals surface area (Å²) >= 11 is 0. The largest absolute Gasteiger partial charge is 0.482 e. The number of aryl methyl sites for hydroxylation is 2. The lowest BCUT2D eigenvalue weighted by atomic mass is 9.94. The summed E-state index contributed by atoms with van der Waals surface area (Å²) in [5.41, 5.74) is 3.99. The smallest absolute Gasteiger partial charge is 0.262 e. The van der Waals surface area contributed by atoms with Crippen LogP contribution in [0.25, 0.3) is 0 Å². The molecular formula is C24H20N2O4. The van der Waals surface area contributed by atoms with Crippen LogP contribution in [0.3, 0.4) is 0 Å². The molecule has 0 saturated heterocycles. The van der Waals surface area contributed by atoms with Gasteiger partial charge < -0.3 is 15.4 Å². The van der Waals surface area contributed by atoms with E-state index < -0.39 is 5.91 Å². The molecule has 0 bridgehead atoms. The summed E-state index contributed by atoms with van der Waals surface area (Å²) in [6, 6.07) is 17.4. The summed E-state index contributed by atoms with van der Waals surface area (Å²) in [5, 5.41) is 5.50. The van der Waals surface area contributed by atoms with E-state index in [4.69, 9.17) is 4.74 Å². The van der Waals surface area contributed by atoms with Crippen molar-refractivity contribution in [3.05, 3.63) is 88.5 Å². The predicted molar refractivity (Wildman–Crippen MR) is 114 cm³/mol. The summed E-state index contributed by atoms with van der Waals surface area (Å²) in [6.07, 6.45) is 0. The van der Waals surface area contributed by atoms with Crippen LogP contribution in [0.15, 0.2) is 60.7 Å². The molecule has 6 nitrogen and oxygen atoms in total. The van der Waals surface area contributed by atoms with Crippen LogP contribution in [0.5, 0.6) is 5.75 Å². The maximum Gasteiger partial charge on any atom is 0.262 e. The molecule has 3 aromatic rings. The van der Waals surface area contributed by atoms with Crippen molar-refractivity contribution in [2.24, 2.45) is 0 Å². The van der Waals surface area contributed by atoms with Gasteiger partial charge in [0.1, 0.15) is 5.75 Å². The first-order chi connectivity index (χ1) is 14.4. The molecule has 1 aliphatic rings. The predicted octanol–water partition coefficient (Wildman–Crippen LogP) is 4.12. The molecular weight excluding hydrogens is 380 g/mol. The second kappa shape index (κ2) is 7.83. The SMILES string of the molecule is Cc1ccc(C)c(C(=O)c2ccccc2C(=O)Nc2ccc3c(c2)NC(=O)CO3)c1. The molecule has 3 aromatic carbocycles. The zero-order chi connectivity index (χ0) is 21.3. The first-order valence-corrected chi connectivity index (χ1v) is 9.51. The Labute approximate surface area is 173 Å². The highest BCUT2D eigenvalue weighted by atomic mass is 16.5. The highest BCUT2D eigenvalue weighted by Gasteiger charge is 2.21. The average molecular weight is 400 g/mol. The number of rotatable bonds is 4. The van der Waals surface area contributed by atoms with Gasteiger partial charge in [-0.25, -0.2) is 0 Å². The fraction of sp³-hybridized carbons (Fsp3) is 0.125. The topological polar surface area (TPSA) is 84.5 Å². The molecule has 2 amide bonds. The maximum absolute atomic E-state index is 13.2. The first kappa shape index (κ1) is 19.4. The van der Waals surface area contributed by atoms with Crippen LogP contribution in [0.2, 0.25) is 0 Å². The minimum Gasteiger partial charge on any atom is -0.482 e. The zero-order valence-corrected chi connectivity index (χ0v) is 16.6. The van der Waals surface area contributed by atoms with E-state index in [-0.39, 0.29) is 23.9 Å². The molecule has 2 N–H and O–H groups in total. The van der Waals surface area contributed by atoms with Crippen LogP contribution < -0.4 is 15.4 Å². The Morgan fingerprint density at radius 2 is 1.70 bits per heavy atom. The summed E-state index contributed by atoms with van der Waals surface area (Å²) in [6.45, 7) is 3.76. The van der Waals surface area contributed by atoms with Crippen molar-refractivity contribution in [3.8, 4) is 5.75 Å². The van der Waals surface area contributed by atoms with Crippen LogP contribution >= 0.6 is 0 Å². The molecule has 30 heavy (non-hydrogen) atoms. The standard InChI is InChI=1S/C24H20N2O4/c1-14-7-8-15(2)19(11-14)23(28)17-5-3-4-6-18(17)24(29)25-16-9-10-21-20(12-16)26-22(27)13-30-21/h3-12H,13H2,1-2H3,(H,25,29)(H,26,27). The number of nitrogens with one attached hydrogen (secondary N) is 2. The van der Waals surface area contributed by atoms with Crippen LogP contribution in [-0.4, -0.2) is 24.2 Å². The van der Waals surface area contributed by atoms with Crippen LogP contribution in [0, 0.1) is 13.8 Å². The number of hydrogen-bond donors (Lipinski definition) is 2. The minimum atomic E-state index is -0.410. The number of carbonyl (C=O) groups is 3. The number of hydrogen-bond acceptors (Lipinski definition) is 4. The number of fused-ring (bicyclic) bond motifs is 1. The summed E-state index contributed by atoms with van der Waals surface area (Å²) in [7, 11) is 0. The number of ether oxygens (including phenoxy) is 1. The molecule has 1 heterocycles. The van der Waals surface area contributed by atoms with Crippen molar-refractivity contribution in [2.75, 3.05) is 17.2 Å². The van der Waals surface area contributed by atoms with Crippen molar-refractivity contribution >= 4 is 29.0 Å². The van der Waals surface area contributed by atoms with Gasteiger partial charge >= 0.3 is 0 Å². The molecule has 0 atom stereocenters. The fourth-order valence-corrected chi connectivity index (χ4v) is 3.36. The number of ketones is 1. The Hall–Kier alpha value is -3.93. The van der Waals surface area contributed by atoms with Gasteiger partial charge in [0.15, 0.2) is 12.4 Å². The van der Waals surface area contributed by atoms with Crippen LogP contribution in [0.4, 0.5) is 11.4 Å². The number of carbonyl (C=O) groups excluding carboxylic acids is 3. The Bertz CT molecular complexity index is 1180. The lowest BCUT2D eigenvalue weighted by molar-refractivity contribution is -0.118. The molecule has 150 valence electrons. The van der Waals surface area contributed by atoms with Gasteiger partial charge in [-0.15, -0.1) is 0 Å². The van der Waals surface area contributed by atoms with Gasteiger partial charge in [-0.3, -0.25) is 14.4 Å². The van der Waals surface area contributed by atoms with Gasteiger partial charge in [-0.2, -0.15) is 0 Å². The summed E-state index contributed by atoms with van der Waals surface area (Å²) < 4.78 is 5.33. The Morgan fingerprint density at radius 1 is 0.933 bits per heavy atom. The number of anilines is 2. The van der Waals surface area contributed by atoms with Crippen LogP contribution in [-0.2, 0) is 4.79 Å². The third kappa shape index (κ3) is 3.80. The van der Waals surface area contributed by atoms with Gasteiger partial charge in [0.2, 0.25) is 0 Å². The van der Waals surface area contributed by atoms with Gasteiger partial charge in [0, 0.05) is 16.8 Å². The van der Waals surface area contributed by atoms with E-state index in [1.807, 2.05) is 32.0 Å². The molecule has 0 radical (unpaired) electrons. The van der Waals surface area contributed by atoms with Crippen molar-refractivity contribution in [2.45, 2.75) is 13.8 Å². The Kier molecular flexibility index (Phi) is 5.06. The summed E-state index contributed by atoms with van der Waals surface area (Å²) in [5.74, 6) is -0.325. The van der Waals surface area contributed by atoms with Gasteiger partial charge in [-0.05, 0) is 49.7 Å². The fourth-order valence-electron chi connectivity index (χ4n) is 3.36. The molecule has 0 fully saturated rings. The minimum absolute atomic E-state index is 0.0351. The summed E-state index contributed by atoms with van der Waals surface area (Å²) in [4.78, 5) is 37.7. The monoisotopic (exact) mass is 400 g/mol. The normalized spacial score (nSPS) is 12.4. The highest BCUT2D eigenvalue weighted by Crippen LogP contribution is 2.30. The molecule has 1 aliphatic heterocycles. The molecule has 0 saturated carbocycles. The van der Waals surface area contributed by atoms with Gasteiger partial charge in [-0.1, -0.05) is 35.9 Å². The average Bonchev–Trinajstić information content (AvgIpc) is 2.74. The Balaban J connectivity index is 1.63. The molecule has 0 aromatic heterocycles. The van der Waals surface area contributed by atoms with E-state index in [2.05, 4.69) is 10.6 Å². The van der Waals surface area contributed by atoms with Crippen molar-refractivity contribution in [3.63, 3.8) is 0 Å². The third-order valence-corrected chi connectivity index (χ3v) is 4.92. The van der Waals surface area contributed by atoms with Crippen LogP contribution in [0.1, 0.15) is 37.4 Å². The highest BCUT2D eigenvalue weighted by molar-refractivity contribution is 6.18. The Morgan fingerprint density at radius 3 is 2.50 bits per heavy atom. The first-order valence-electron chi connectivity index (χ1n) is 9.51. The molecule has 6 heteroatoms. The molecule has 0 aliphatic carbocycles. The van der Waals surface area contributed by atoms with E-state index >= 15 is 0 Å². The number of amides is 2. The number of benzene rings is 3. The lowest BCUT2D eigenvalue weighted by Gasteiger charge is -2.19. The van der Waals surface area contributed by atoms with E-state index in [9.17, 15) is 14.4 Å². The lowest BCUT2D eigenvalue weighted by Crippen LogP contribution is -2.25. The molecule has 4 rings (SSSR count). The van der Waals surface area contributed by atoms with E-state index in [0.29, 0.717) is 28.3 Å². The van der Waals surface area contributed by atoms with Crippen molar-refractivity contribution in [1.29, 1.82) is 0 Å². The second-order valence-electron chi connectivity index (χ2n) is 7.19. The maximum atomic E-state index is 13.2. The van der Waals surface area contributed by atoms with Gasteiger partial charge in [0.25, 0.3) is 11.8 Å². The quantitative estimate of drug-likeness (QED) is 0.646.